The van der Waals surface area contributed by atoms with Crippen LogP contribution in [0, 0.1) is 5.92 Å². The van der Waals surface area contributed by atoms with Crippen LogP contribution in [-0.4, -0.2) is 24.9 Å². The minimum atomic E-state index is -0.324. The van der Waals surface area contributed by atoms with Crippen LogP contribution in [0.15, 0.2) is 48.5 Å². The van der Waals surface area contributed by atoms with Crippen LogP contribution >= 0.6 is 11.6 Å². The number of nitrogens with two attached hydrogens (primary N) is 1. The number of amides is 2. The van der Waals surface area contributed by atoms with Crippen molar-refractivity contribution in [3.63, 3.8) is 0 Å². The summed E-state index contributed by atoms with van der Waals surface area (Å²) in [7, 11) is 0. The van der Waals surface area contributed by atoms with Gasteiger partial charge in [-0.05, 0) is 48.4 Å². The number of carbonyl (C=O) groups is 2. The first-order valence-electron chi connectivity index (χ1n) is 8.21. The second-order valence-electron chi connectivity index (χ2n) is 6.16. The molecule has 2 aromatic rings. The van der Waals surface area contributed by atoms with E-state index in [1.54, 1.807) is 29.2 Å². The summed E-state index contributed by atoms with van der Waals surface area (Å²) < 4.78 is 0. The number of nitrogen functional groups attached to an aromatic ring is 1. The summed E-state index contributed by atoms with van der Waals surface area (Å²) in [5.41, 5.74) is 8.26. The Bertz CT molecular complexity index is 759. The van der Waals surface area contributed by atoms with Crippen LogP contribution in [0.1, 0.15) is 12.0 Å². The van der Waals surface area contributed by atoms with Gasteiger partial charge in [0.15, 0.2) is 0 Å². The number of nitrogens with zero attached hydrogens (tertiary/aromatic N) is 1. The first-order chi connectivity index (χ1) is 12.0. The molecule has 2 aromatic carbocycles. The number of hydrogen-bond acceptors (Lipinski definition) is 3. The average molecular weight is 358 g/mol. The van der Waals surface area contributed by atoms with Crippen molar-refractivity contribution < 1.29 is 9.59 Å². The Morgan fingerprint density at radius 1 is 1.16 bits per heavy atom. The molecule has 2 amide bonds. The number of halogens is 1. The fraction of sp³-hybridized carbons (Fsp3) is 0.263. The van der Waals surface area contributed by atoms with Gasteiger partial charge in [-0.15, -0.1) is 0 Å². The van der Waals surface area contributed by atoms with E-state index in [9.17, 15) is 9.59 Å². The van der Waals surface area contributed by atoms with Crippen LogP contribution in [0.5, 0.6) is 0 Å². The van der Waals surface area contributed by atoms with Crippen LogP contribution in [0.2, 0.25) is 5.02 Å². The lowest BCUT2D eigenvalue weighted by Gasteiger charge is -2.16. The SMILES string of the molecule is Nc1ccc(CCNC(=O)C2CC(=O)N(c3ccc(Cl)cc3)C2)cc1. The van der Waals surface area contributed by atoms with E-state index in [1.165, 1.54) is 0 Å². The fourth-order valence-electron chi connectivity index (χ4n) is 2.91. The average Bonchev–Trinajstić information content (AvgIpc) is 2.99. The topological polar surface area (TPSA) is 75.4 Å². The lowest BCUT2D eigenvalue weighted by atomic mass is 10.1. The molecule has 3 N–H and O–H groups in total. The molecule has 5 nitrogen and oxygen atoms in total. The van der Waals surface area contributed by atoms with Gasteiger partial charge in [0.05, 0.1) is 5.92 Å². The highest BCUT2D eigenvalue weighted by Gasteiger charge is 2.34. The molecule has 1 unspecified atom stereocenters. The molecule has 0 saturated carbocycles. The summed E-state index contributed by atoms with van der Waals surface area (Å²) in [5, 5.41) is 3.54. The molecule has 25 heavy (non-hydrogen) atoms. The van der Waals surface area contributed by atoms with Crippen molar-refractivity contribution in [2.24, 2.45) is 5.92 Å². The van der Waals surface area contributed by atoms with Crippen molar-refractivity contribution in [3.05, 3.63) is 59.1 Å². The van der Waals surface area contributed by atoms with E-state index < -0.39 is 0 Å². The summed E-state index contributed by atoms with van der Waals surface area (Å²) in [5.74, 6) is -0.448. The van der Waals surface area contributed by atoms with E-state index in [-0.39, 0.29) is 24.2 Å². The molecule has 1 aliphatic rings. The van der Waals surface area contributed by atoms with Crippen molar-refractivity contribution >= 4 is 34.8 Å². The van der Waals surface area contributed by atoms with E-state index in [0.717, 1.165) is 23.4 Å². The van der Waals surface area contributed by atoms with Gasteiger partial charge in [0.25, 0.3) is 0 Å². The number of carbonyl (C=O) groups excluding carboxylic acids is 2. The van der Waals surface area contributed by atoms with Crippen LogP contribution in [0.3, 0.4) is 0 Å². The maximum atomic E-state index is 12.3. The van der Waals surface area contributed by atoms with Crippen molar-refractivity contribution in [2.45, 2.75) is 12.8 Å². The maximum Gasteiger partial charge on any atom is 0.227 e. The molecule has 6 heteroatoms. The van der Waals surface area contributed by atoms with Gasteiger partial charge in [-0.3, -0.25) is 9.59 Å². The summed E-state index contributed by atoms with van der Waals surface area (Å²) >= 11 is 5.88. The summed E-state index contributed by atoms with van der Waals surface area (Å²) in [6, 6.07) is 14.6. The van der Waals surface area contributed by atoms with E-state index in [4.69, 9.17) is 17.3 Å². The third kappa shape index (κ3) is 4.31. The Morgan fingerprint density at radius 3 is 2.52 bits per heavy atom. The number of rotatable bonds is 5. The van der Waals surface area contributed by atoms with E-state index in [0.29, 0.717) is 18.1 Å². The molecule has 1 heterocycles. The van der Waals surface area contributed by atoms with Crippen molar-refractivity contribution in [2.75, 3.05) is 23.7 Å². The second-order valence-corrected chi connectivity index (χ2v) is 6.60. The molecule has 1 saturated heterocycles. The standard InChI is InChI=1S/C19H20ClN3O2/c20-15-3-7-17(8-4-15)23-12-14(11-18(23)24)19(25)22-10-9-13-1-5-16(21)6-2-13/h1-8,14H,9-12,21H2,(H,22,25). The van der Waals surface area contributed by atoms with Crippen molar-refractivity contribution in [1.82, 2.24) is 5.32 Å². The number of anilines is 2. The van der Waals surface area contributed by atoms with Gasteiger partial charge < -0.3 is 16.0 Å². The largest absolute Gasteiger partial charge is 0.399 e. The minimum absolute atomic E-state index is 0.0407. The van der Waals surface area contributed by atoms with Gasteiger partial charge in [-0.1, -0.05) is 23.7 Å². The predicted molar refractivity (Wildman–Crippen MR) is 99.5 cm³/mol. The Morgan fingerprint density at radius 2 is 1.84 bits per heavy atom. The highest BCUT2D eigenvalue weighted by Crippen LogP contribution is 2.26. The zero-order valence-corrected chi connectivity index (χ0v) is 14.5. The molecule has 1 atom stereocenters. The van der Waals surface area contributed by atoms with Gasteiger partial charge in [0.2, 0.25) is 11.8 Å². The van der Waals surface area contributed by atoms with E-state index >= 15 is 0 Å². The molecule has 3 rings (SSSR count). The van der Waals surface area contributed by atoms with Gasteiger partial charge in [0.1, 0.15) is 0 Å². The highest BCUT2D eigenvalue weighted by atomic mass is 35.5. The van der Waals surface area contributed by atoms with Crippen molar-refractivity contribution in [1.29, 1.82) is 0 Å². The minimum Gasteiger partial charge on any atom is -0.399 e. The molecule has 1 fully saturated rings. The smallest absolute Gasteiger partial charge is 0.227 e. The lowest BCUT2D eigenvalue weighted by molar-refractivity contribution is -0.126. The van der Waals surface area contributed by atoms with Gasteiger partial charge in [-0.25, -0.2) is 0 Å². The van der Waals surface area contributed by atoms with Crippen LogP contribution in [-0.2, 0) is 16.0 Å². The molecule has 130 valence electrons. The molecule has 0 bridgehead atoms. The zero-order valence-electron chi connectivity index (χ0n) is 13.7. The first kappa shape index (κ1) is 17.3. The fourth-order valence-corrected chi connectivity index (χ4v) is 3.04. The predicted octanol–water partition coefficient (Wildman–Crippen LogP) is 2.63. The van der Waals surface area contributed by atoms with Crippen LogP contribution in [0.4, 0.5) is 11.4 Å². The van der Waals surface area contributed by atoms with E-state index in [2.05, 4.69) is 5.32 Å². The summed E-state index contributed by atoms with van der Waals surface area (Å²) in [4.78, 5) is 26.2. The molecular formula is C19H20ClN3O2. The number of nitrogens with one attached hydrogen (secondary N) is 1. The Balaban J connectivity index is 1.52. The van der Waals surface area contributed by atoms with Crippen LogP contribution in [0.25, 0.3) is 0 Å². The highest BCUT2D eigenvalue weighted by molar-refractivity contribution is 6.30. The summed E-state index contributed by atoms with van der Waals surface area (Å²) in [6.07, 6.45) is 0.962. The second kappa shape index (κ2) is 7.57. The van der Waals surface area contributed by atoms with Gasteiger partial charge >= 0.3 is 0 Å². The molecule has 0 aliphatic carbocycles. The number of benzene rings is 2. The Labute approximate surface area is 151 Å². The third-order valence-electron chi connectivity index (χ3n) is 4.33. The summed E-state index contributed by atoms with van der Waals surface area (Å²) in [6.45, 7) is 0.933. The molecule has 0 radical (unpaired) electrons. The zero-order chi connectivity index (χ0) is 17.8. The molecule has 0 spiro atoms. The normalized spacial score (nSPS) is 16.9. The van der Waals surface area contributed by atoms with Crippen LogP contribution < -0.4 is 16.0 Å². The number of hydrogen-bond donors (Lipinski definition) is 2. The molecular weight excluding hydrogens is 338 g/mol. The van der Waals surface area contributed by atoms with Gasteiger partial charge in [-0.2, -0.15) is 0 Å². The Hall–Kier alpha value is -2.53. The third-order valence-corrected chi connectivity index (χ3v) is 4.58. The van der Waals surface area contributed by atoms with E-state index in [1.807, 2.05) is 24.3 Å². The van der Waals surface area contributed by atoms with Gasteiger partial charge in [0, 0.05) is 35.9 Å². The quantitative estimate of drug-likeness (QED) is 0.808. The Kier molecular flexibility index (Phi) is 5.24. The monoisotopic (exact) mass is 357 g/mol. The first-order valence-corrected chi connectivity index (χ1v) is 8.59. The molecule has 1 aliphatic heterocycles. The van der Waals surface area contributed by atoms with Crippen molar-refractivity contribution in [3.8, 4) is 0 Å². The maximum absolute atomic E-state index is 12.3. The molecule has 0 aromatic heterocycles. The lowest BCUT2D eigenvalue weighted by Crippen LogP contribution is -2.34.